The van der Waals surface area contributed by atoms with Crippen LogP contribution in [-0.4, -0.2) is 21.5 Å². The van der Waals surface area contributed by atoms with Gasteiger partial charge in [-0.3, -0.25) is 0 Å². The standard InChI is InChI=1S/C11H12N4S/c12-5-4-9-2-3-10(15-8-9)16-11-13-6-1-7-14-11/h1-3,6-8H,4-5,12H2. The lowest BCUT2D eigenvalue weighted by Gasteiger charge is -2.00. The first-order valence-electron chi connectivity index (χ1n) is 4.98. The molecule has 0 aromatic carbocycles. The van der Waals surface area contributed by atoms with Crippen LogP contribution in [0.15, 0.2) is 47.0 Å². The van der Waals surface area contributed by atoms with E-state index in [9.17, 15) is 0 Å². The fourth-order valence-electron chi connectivity index (χ4n) is 1.22. The number of hydrogen-bond acceptors (Lipinski definition) is 5. The molecule has 0 saturated carbocycles. The molecule has 0 atom stereocenters. The fraction of sp³-hybridized carbons (Fsp3) is 0.182. The molecule has 5 heteroatoms. The number of nitrogens with two attached hydrogens (primary N) is 1. The summed E-state index contributed by atoms with van der Waals surface area (Å²) in [5.41, 5.74) is 6.62. The van der Waals surface area contributed by atoms with E-state index in [2.05, 4.69) is 15.0 Å². The van der Waals surface area contributed by atoms with Crippen molar-refractivity contribution >= 4 is 11.8 Å². The Morgan fingerprint density at radius 3 is 2.56 bits per heavy atom. The van der Waals surface area contributed by atoms with Crippen molar-refractivity contribution in [1.29, 1.82) is 0 Å². The predicted octanol–water partition coefficient (Wildman–Crippen LogP) is 1.52. The van der Waals surface area contributed by atoms with Gasteiger partial charge in [-0.15, -0.1) is 0 Å². The van der Waals surface area contributed by atoms with Crippen LogP contribution < -0.4 is 5.73 Å². The van der Waals surface area contributed by atoms with Gasteiger partial charge in [0.25, 0.3) is 0 Å². The second-order valence-corrected chi connectivity index (χ2v) is 4.16. The molecule has 2 N–H and O–H groups in total. The van der Waals surface area contributed by atoms with Crippen LogP contribution in [0.1, 0.15) is 5.56 Å². The Labute approximate surface area is 98.3 Å². The van der Waals surface area contributed by atoms with Gasteiger partial charge in [0.1, 0.15) is 5.03 Å². The monoisotopic (exact) mass is 232 g/mol. The summed E-state index contributed by atoms with van der Waals surface area (Å²) < 4.78 is 0. The first kappa shape index (κ1) is 11.0. The molecular formula is C11H12N4S. The van der Waals surface area contributed by atoms with Gasteiger partial charge in [0.15, 0.2) is 5.16 Å². The van der Waals surface area contributed by atoms with Crippen LogP contribution in [-0.2, 0) is 6.42 Å². The van der Waals surface area contributed by atoms with Gasteiger partial charge in [-0.1, -0.05) is 6.07 Å². The third-order valence-electron chi connectivity index (χ3n) is 1.97. The molecule has 0 spiro atoms. The molecule has 0 saturated heterocycles. The van der Waals surface area contributed by atoms with E-state index in [1.165, 1.54) is 11.8 Å². The molecule has 16 heavy (non-hydrogen) atoms. The molecule has 0 aliphatic rings. The first-order valence-corrected chi connectivity index (χ1v) is 5.80. The molecule has 2 aromatic heterocycles. The quantitative estimate of drug-likeness (QED) is 0.810. The minimum atomic E-state index is 0.649. The number of pyridine rings is 1. The smallest absolute Gasteiger partial charge is 0.193 e. The Morgan fingerprint density at radius 1 is 1.12 bits per heavy atom. The van der Waals surface area contributed by atoms with E-state index >= 15 is 0 Å². The summed E-state index contributed by atoms with van der Waals surface area (Å²) in [6.07, 6.45) is 6.15. The molecular weight excluding hydrogens is 220 g/mol. The Balaban J connectivity index is 2.05. The van der Waals surface area contributed by atoms with E-state index in [0.717, 1.165) is 17.0 Å². The molecule has 0 unspecified atom stereocenters. The summed E-state index contributed by atoms with van der Waals surface area (Å²) in [5.74, 6) is 0. The second-order valence-electron chi connectivity index (χ2n) is 3.18. The zero-order valence-electron chi connectivity index (χ0n) is 8.71. The summed E-state index contributed by atoms with van der Waals surface area (Å²) in [5, 5.41) is 1.61. The third-order valence-corrected chi connectivity index (χ3v) is 2.81. The summed E-state index contributed by atoms with van der Waals surface area (Å²) in [6.45, 7) is 0.649. The van der Waals surface area contributed by atoms with Crippen molar-refractivity contribution in [2.24, 2.45) is 5.73 Å². The van der Waals surface area contributed by atoms with Crippen LogP contribution in [0.3, 0.4) is 0 Å². The van der Waals surface area contributed by atoms with Crippen molar-refractivity contribution in [2.45, 2.75) is 16.6 Å². The van der Waals surface area contributed by atoms with E-state index in [4.69, 9.17) is 5.73 Å². The highest BCUT2D eigenvalue weighted by atomic mass is 32.2. The summed E-state index contributed by atoms with van der Waals surface area (Å²) in [4.78, 5) is 12.6. The van der Waals surface area contributed by atoms with E-state index in [1.54, 1.807) is 18.5 Å². The number of rotatable bonds is 4. The third kappa shape index (κ3) is 3.01. The minimum absolute atomic E-state index is 0.649. The summed E-state index contributed by atoms with van der Waals surface area (Å²) in [6, 6.07) is 5.79. The first-order chi connectivity index (χ1) is 7.88. The SMILES string of the molecule is NCCc1ccc(Sc2ncccn2)nc1. The Kier molecular flexibility index (Phi) is 3.85. The average molecular weight is 232 g/mol. The molecule has 2 aromatic rings. The number of nitrogens with zero attached hydrogens (tertiary/aromatic N) is 3. The molecule has 0 radical (unpaired) electrons. The Hall–Kier alpha value is -1.46. The highest BCUT2D eigenvalue weighted by Crippen LogP contribution is 2.21. The van der Waals surface area contributed by atoms with E-state index in [-0.39, 0.29) is 0 Å². The highest BCUT2D eigenvalue weighted by Gasteiger charge is 2.00. The number of aromatic nitrogens is 3. The van der Waals surface area contributed by atoms with E-state index in [1.807, 2.05) is 18.3 Å². The van der Waals surface area contributed by atoms with Crippen molar-refractivity contribution in [3.05, 3.63) is 42.4 Å². The topological polar surface area (TPSA) is 64.7 Å². The largest absolute Gasteiger partial charge is 0.330 e. The molecule has 0 aliphatic carbocycles. The van der Waals surface area contributed by atoms with Crippen molar-refractivity contribution in [3.63, 3.8) is 0 Å². The number of hydrogen-bond donors (Lipinski definition) is 1. The average Bonchev–Trinajstić information content (AvgIpc) is 2.33. The molecule has 0 fully saturated rings. The minimum Gasteiger partial charge on any atom is -0.330 e. The second kappa shape index (κ2) is 5.58. The molecule has 82 valence electrons. The van der Waals surface area contributed by atoms with Gasteiger partial charge in [0.05, 0.1) is 0 Å². The van der Waals surface area contributed by atoms with Crippen molar-refractivity contribution in [2.75, 3.05) is 6.54 Å². The Morgan fingerprint density at radius 2 is 1.94 bits per heavy atom. The molecule has 0 amide bonds. The molecule has 2 heterocycles. The van der Waals surface area contributed by atoms with Gasteiger partial charge in [0.2, 0.25) is 0 Å². The van der Waals surface area contributed by atoms with Gasteiger partial charge < -0.3 is 5.73 Å². The van der Waals surface area contributed by atoms with E-state index < -0.39 is 0 Å². The van der Waals surface area contributed by atoms with Crippen LogP contribution in [0.2, 0.25) is 0 Å². The maximum absolute atomic E-state index is 5.47. The van der Waals surface area contributed by atoms with Gasteiger partial charge in [-0.2, -0.15) is 0 Å². The maximum Gasteiger partial charge on any atom is 0.193 e. The van der Waals surface area contributed by atoms with Crippen LogP contribution in [0.5, 0.6) is 0 Å². The summed E-state index contributed by atoms with van der Waals surface area (Å²) in [7, 11) is 0. The van der Waals surface area contributed by atoms with E-state index in [0.29, 0.717) is 11.7 Å². The molecule has 0 bridgehead atoms. The van der Waals surface area contributed by atoms with Crippen molar-refractivity contribution in [1.82, 2.24) is 15.0 Å². The summed E-state index contributed by atoms with van der Waals surface area (Å²) >= 11 is 1.45. The lowest BCUT2D eigenvalue weighted by atomic mass is 10.2. The van der Waals surface area contributed by atoms with Crippen LogP contribution in [0, 0.1) is 0 Å². The molecule has 0 aliphatic heterocycles. The predicted molar refractivity (Wildman–Crippen MR) is 63.2 cm³/mol. The normalized spacial score (nSPS) is 10.3. The van der Waals surface area contributed by atoms with Gasteiger partial charge in [-0.25, -0.2) is 15.0 Å². The van der Waals surface area contributed by atoms with Gasteiger partial charge >= 0.3 is 0 Å². The zero-order valence-corrected chi connectivity index (χ0v) is 9.52. The van der Waals surface area contributed by atoms with Gasteiger partial charge in [0, 0.05) is 18.6 Å². The Bertz CT molecular complexity index is 429. The van der Waals surface area contributed by atoms with Crippen LogP contribution in [0.25, 0.3) is 0 Å². The van der Waals surface area contributed by atoms with Crippen molar-refractivity contribution < 1.29 is 0 Å². The van der Waals surface area contributed by atoms with Crippen LogP contribution >= 0.6 is 11.8 Å². The zero-order chi connectivity index (χ0) is 11.2. The highest BCUT2D eigenvalue weighted by molar-refractivity contribution is 7.99. The van der Waals surface area contributed by atoms with Crippen molar-refractivity contribution in [3.8, 4) is 0 Å². The van der Waals surface area contributed by atoms with Crippen LogP contribution in [0.4, 0.5) is 0 Å². The fourth-order valence-corrected chi connectivity index (χ4v) is 1.87. The molecule has 2 rings (SSSR count). The van der Waals surface area contributed by atoms with Gasteiger partial charge in [-0.05, 0) is 42.4 Å². The lowest BCUT2D eigenvalue weighted by molar-refractivity contribution is 0.937. The maximum atomic E-state index is 5.47. The molecule has 4 nitrogen and oxygen atoms in total. The lowest BCUT2D eigenvalue weighted by Crippen LogP contribution is -2.02.